The fraction of sp³-hybridized carbons (Fsp3) is 0.176. The minimum atomic E-state index is -3.73. The summed E-state index contributed by atoms with van der Waals surface area (Å²) in [6.45, 7) is 3.65. The standard InChI is InChI=1S/C17H17N3O3S3/c1-10(12-3-5-14(6-4-12)26(18,22)23)19-16(21)15-11(2)20-17(25-15)13-7-8-24-9-13/h3-10H,1-2H3,(H,19,21)(H2,18,22,23). The summed E-state index contributed by atoms with van der Waals surface area (Å²) in [6.07, 6.45) is 0. The van der Waals surface area contributed by atoms with Gasteiger partial charge in [0.05, 0.1) is 16.6 Å². The van der Waals surface area contributed by atoms with Crippen LogP contribution in [0.5, 0.6) is 0 Å². The van der Waals surface area contributed by atoms with Crippen LogP contribution < -0.4 is 10.5 Å². The Labute approximate surface area is 159 Å². The van der Waals surface area contributed by atoms with Crippen molar-refractivity contribution in [3.8, 4) is 10.6 Å². The first-order valence-electron chi connectivity index (χ1n) is 7.69. The second-order valence-corrected chi connectivity index (χ2v) is 9.10. The summed E-state index contributed by atoms with van der Waals surface area (Å²) < 4.78 is 22.6. The zero-order chi connectivity index (χ0) is 18.9. The number of nitrogens with one attached hydrogen (secondary N) is 1. The van der Waals surface area contributed by atoms with Crippen molar-refractivity contribution in [1.82, 2.24) is 10.3 Å². The third-order valence-electron chi connectivity index (χ3n) is 3.83. The van der Waals surface area contributed by atoms with Gasteiger partial charge < -0.3 is 5.32 Å². The van der Waals surface area contributed by atoms with Crippen LogP contribution in [-0.4, -0.2) is 19.3 Å². The number of carbonyl (C=O) groups is 1. The van der Waals surface area contributed by atoms with E-state index in [0.717, 1.165) is 16.1 Å². The highest BCUT2D eigenvalue weighted by atomic mass is 32.2. The van der Waals surface area contributed by atoms with Crippen LogP contribution in [0.15, 0.2) is 46.0 Å². The second-order valence-electron chi connectivity index (χ2n) is 5.75. The van der Waals surface area contributed by atoms with Crippen LogP contribution in [-0.2, 0) is 10.0 Å². The normalized spacial score (nSPS) is 12.7. The summed E-state index contributed by atoms with van der Waals surface area (Å²) >= 11 is 2.94. The fourth-order valence-electron chi connectivity index (χ4n) is 2.41. The van der Waals surface area contributed by atoms with E-state index in [1.54, 1.807) is 23.5 Å². The minimum Gasteiger partial charge on any atom is -0.345 e. The number of thiazole rings is 1. The average molecular weight is 408 g/mol. The Morgan fingerprint density at radius 2 is 1.92 bits per heavy atom. The van der Waals surface area contributed by atoms with Crippen LogP contribution in [0.3, 0.4) is 0 Å². The number of thiophene rings is 1. The summed E-state index contributed by atoms with van der Waals surface area (Å²) in [4.78, 5) is 17.7. The number of rotatable bonds is 5. The van der Waals surface area contributed by atoms with Gasteiger partial charge in [-0.05, 0) is 43.0 Å². The van der Waals surface area contributed by atoms with Crippen LogP contribution in [0, 0.1) is 6.92 Å². The highest BCUT2D eigenvalue weighted by molar-refractivity contribution is 7.89. The van der Waals surface area contributed by atoms with Gasteiger partial charge in [-0.15, -0.1) is 11.3 Å². The highest BCUT2D eigenvalue weighted by Gasteiger charge is 2.19. The van der Waals surface area contributed by atoms with Crippen molar-refractivity contribution in [2.45, 2.75) is 24.8 Å². The summed E-state index contributed by atoms with van der Waals surface area (Å²) in [6, 6.07) is 7.82. The summed E-state index contributed by atoms with van der Waals surface area (Å²) in [5, 5.41) is 12.8. The molecule has 0 bridgehead atoms. The first-order chi connectivity index (χ1) is 12.3. The molecule has 136 valence electrons. The van der Waals surface area contributed by atoms with Crippen LogP contribution in [0.25, 0.3) is 10.6 Å². The number of aromatic nitrogens is 1. The highest BCUT2D eigenvalue weighted by Crippen LogP contribution is 2.29. The zero-order valence-electron chi connectivity index (χ0n) is 14.1. The van der Waals surface area contributed by atoms with Gasteiger partial charge in [-0.3, -0.25) is 4.79 Å². The number of sulfonamides is 1. The molecular formula is C17H17N3O3S3. The van der Waals surface area contributed by atoms with Gasteiger partial charge in [-0.1, -0.05) is 12.1 Å². The Balaban J connectivity index is 1.75. The Morgan fingerprint density at radius 3 is 2.50 bits per heavy atom. The van der Waals surface area contributed by atoms with Gasteiger partial charge in [-0.2, -0.15) is 11.3 Å². The third-order valence-corrected chi connectivity index (χ3v) is 6.64. The molecule has 0 aliphatic heterocycles. The maximum absolute atomic E-state index is 12.6. The van der Waals surface area contributed by atoms with Crippen molar-refractivity contribution in [2.24, 2.45) is 5.14 Å². The van der Waals surface area contributed by atoms with Gasteiger partial charge in [-0.25, -0.2) is 18.5 Å². The van der Waals surface area contributed by atoms with Gasteiger partial charge in [0.2, 0.25) is 10.0 Å². The molecule has 3 rings (SSSR count). The molecule has 0 fully saturated rings. The molecule has 0 aliphatic rings. The van der Waals surface area contributed by atoms with Crippen LogP contribution in [0.2, 0.25) is 0 Å². The van der Waals surface area contributed by atoms with Crippen molar-refractivity contribution in [3.05, 3.63) is 57.2 Å². The SMILES string of the molecule is Cc1nc(-c2ccsc2)sc1C(=O)NC(C)c1ccc(S(N)(=O)=O)cc1. The van der Waals surface area contributed by atoms with Gasteiger partial charge in [0, 0.05) is 10.9 Å². The topological polar surface area (TPSA) is 102 Å². The Bertz CT molecular complexity index is 1020. The lowest BCUT2D eigenvalue weighted by atomic mass is 10.1. The number of nitrogens with two attached hydrogens (primary N) is 1. The molecule has 1 aromatic carbocycles. The molecule has 1 unspecified atom stereocenters. The van der Waals surface area contributed by atoms with E-state index in [0.29, 0.717) is 10.6 Å². The smallest absolute Gasteiger partial charge is 0.263 e. The number of hydrogen-bond acceptors (Lipinski definition) is 6. The lowest BCUT2D eigenvalue weighted by molar-refractivity contribution is 0.0943. The summed E-state index contributed by atoms with van der Waals surface area (Å²) in [7, 11) is -3.73. The third kappa shape index (κ3) is 4.01. The molecule has 2 heterocycles. The number of primary sulfonamides is 1. The monoisotopic (exact) mass is 407 g/mol. The number of hydrogen-bond donors (Lipinski definition) is 2. The molecule has 0 radical (unpaired) electrons. The van der Waals surface area contributed by atoms with Crippen molar-refractivity contribution in [2.75, 3.05) is 0 Å². The minimum absolute atomic E-state index is 0.0403. The van der Waals surface area contributed by atoms with Crippen molar-refractivity contribution < 1.29 is 13.2 Å². The molecular weight excluding hydrogens is 390 g/mol. The van der Waals surface area contributed by atoms with Gasteiger partial charge in [0.25, 0.3) is 5.91 Å². The predicted octanol–water partition coefficient (Wildman–Crippen LogP) is 3.32. The molecule has 6 nitrogen and oxygen atoms in total. The Morgan fingerprint density at radius 1 is 1.23 bits per heavy atom. The van der Waals surface area contributed by atoms with E-state index >= 15 is 0 Å². The first kappa shape index (κ1) is 18.7. The molecule has 0 saturated carbocycles. The van der Waals surface area contributed by atoms with Crippen LogP contribution in [0.4, 0.5) is 0 Å². The lowest BCUT2D eigenvalue weighted by Gasteiger charge is -2.14. The molecule has 1 amide bonds. The Hall–Kier alpha value is -2.07. The summed E-state index contributed by atoms with van der Waals surface area (Å²) in [5.74, 6) is -0.204. The first-order valence-corrected chi connectivity index (χ1v) is 11.0. The predicted molar refractivity (Wildman–Crippen MR) is 104 cm³/mol. The molecule has 3 N–H and O–H groups in total. The van der Waals surface area contributed by atoms with E-state index in [-0.39, 0.29) is 16.8 Å². The lowest BCUT2D eigenvalue weighted by Crippen LogP contribution is -2.26. The summed E-state index contributed by atoms with van der Waals surface area (Å²) in [5.41, 5.74) is 2.48. The molecule has 3 aromatic rings. The zero-order valence-corrected chi connectivity index (χ0v) is 16.5. The van der Waals surface area contributed by atoms with Gasteiger partial charge in [0.1, 0.15) is 9.88 Å². The molecule has 26 heavy (non-hydrogen) atoms. The maximum atomic E-state index is 12.6. The fourth-order valence-corrected chi connectivity index (χ4v) is 4.60. The molecule has 2 aromatic heterocycles. The largest absolute Gasteiger partial charge is 0.345 e. The van der Waals surface area contributed by atoms with E-state index in [4.69, 9.17) is 5.14 Å². The maximum Gasteiger partial charge on any atom is 0.263 e. The van der Waals surface area contributed by atoms with Crippen molar-refractivity contribution >= 4 is 38.6 Å². The van der Waals surface area contributed by atoms with Crippen molar-refractivity contribution in [3.63, 3.8) is 0 Å². The van der Waals surface area contributed by atoms with E-state index < -0.39 is 10.0 Å². The Kier molecular flexibility index (Phi) is 5.24. The van der Waals surface area contributed by atoms with E-state index in [9.17, 15) is 13.2 Å². The number of amides is 1. The van der Waals surface area contributed by atoms with Gasteiger partial charge >= 0.3 is 0 Å². The average Bonchev–Trinajstić information content (AvgIpc) is 3.23. The van der Waals surface area contributed by atoms with Crippen molar-refractivity contribution in [1.29, 1.82) is 0 Å². The van der Waals surface area contributed by atoms with E-state index in [1.165, 1.54) is 23.5 Å². The number of benzene rings is 1. The quantitative estimate of drug-likeness (QED) is 0.677. The number of aryl methyl sites for hydroxylation is 1. The van der Waals surface area contributed by atoms with E-state index in [1.807, 2.05) is 30.7 Å². The number of nitrogens with zero attached hydrogens (tertiary/aromatic N) is 1. The molecule has 0 spiro atoms. The molecule has 9 heteroatoms. The van der Waals surface area contributed by atoms with Crippen LogP contribution >= 0.6 is 22.7 Å². The van der Waals surface area contributed by atoms with Crippen LogP contribution in [0.1, 0.15) is 33.9 Å². The molecule has 1 atom stereocenters. The molecule has 0 aliphatic carbocycles. The molecule has 0 saturated heterocycles. The van der Waals surface area contributed by atoms with Gasteiger partial charge in [0.15, 0.2) is 0 Å². The second kappa shape index (κ2) is 7.28. The van der Waals surface area contributed by atoms with E-state index in [2.05, 4.69) is 10.3 Å². The number of carbonyl (C=O) groups excluding carboxylic acids is 1.